The van der Waals surface area contributed by atoms with Crippen LogP contribution in [0.2, 0.25) is 0 Å². The largest absolute Gasteiger partial charge is 0.490 e. The highest BCUT2D eigenvalue weighted by Gasteiger charge is 2.33. The lowest BCUT2D eigenvalue weighted by molar-refractivity contribution is -0.385. The van der Waals surface area contributed by atoms with E-state index in [1.54, 1.807) is 44.2 Å². The zero-order valence-corrected chi connectivity index (χ0v) is 21.9. The molecule has 1 aromatic heterocycles. The first kappa shape index (κ1) is 25.9. The van der Waals surface area contributed by atoms with Crippen molar-refractivity contribution in [3.05, 3.63) is 101 Å². The first-order valence-corrected chi connectivity index (χ1v) is 12.7. The molecule has 0 fully saturated rings. The molecule has 0 saturated heterocycles. The van der Waals surface area contributed by atoms with Gasteiger partial charge in [0.2, 0.25) is 6.79 Å². The number of benzene rings is 2. The van der Waals surface area contributed by atoms with Crippen molar-refractivity contribution in [3.63, 3.8) is 0 Å². The summed E-state index contributed by atoms with van der Waals surface area (Å²) in [4.78, 5) is 42.9. The van der Waals surface area contributed by atoms with E-state index in [9.17, 15) is 19.7 Å². The van der Waals surface area contributed by atoms with Gasteiger partial charge in [-0.1, -0.05) is 36.1 Å². The molecule has 2 aliphatic rings. The van der Waals surface area contributed by atoms with E-state index in [1.807, 2.05) is 0 Å². The van der Waals surface area contributed by atoms with Gasteiger partial charge in [-0.05, 0) is 43.7 Å². The minimum Gasteiger partial charge on any atom is -0.490 e. The summed E-state index contributed by atoms with van der Waals surface area (Å²) in [6, 6.07) is 8.91. The number of nitro groups is 1. The number of carbonyl (C=O) groups excluding carboxylic acids is 1. The molecule has 0 N–H and O–H groups in total. The highest BCUT2D eigenvalue weighted by atomic mass is 32.1. The highest BCUT2D eigenvalue weighted by molar-refractivity contribution is 7.07. The number of ether oxygens (including phenoxy) is 4. The van der Waals surface area contributed by atoms with Gasteiger partial charge in [0.1, 0.15) is 12.4 Å². The molecule has 200 valence electrons. The maximum absolute atomic E-state index is 13.8. The van der Waals surface area contributed by atoms with Crippen molar-refractivity contribution >= 4 is 29.1 Å². The van der Waals surface area contributed by atoms with Gasteiger partial charge >= 0.3 is 5.97 Å². The molecule has 0 aliphatic carbocycles. The maximum atomic E-state index is 13.8. The highest BCUT2D eigenvalue weighted by Crippen LogP contribution is 2.38. The van der Waals surface area contributed by atoms with Gasteiger partial charge in [-0.2, -0.15) is 0 Å². The van der Waals surface area contributed by atoms with Gasteiger partial charge in [0, 0.05) is 0 Å². The number of esters is 1. The molecule has 0 bridgehead atoms. The van der Waals surface area contributed by atoms with Crippen LogP contribution in [0.15, 0.2) is 70.1 Å². The molecule has 3 aromatic rings. The summed E-state index contributed by atoms with van der Waals surface area (Å²) in [7, 11) is 0. The summed E-state index contributed by atoms with van der Waals surface area (Å²) in [5.74, 6) is 0.614. The topological polar surface area (TPSA) is 131 Å². The van der Waals surface area contributed by atoms with E-state index in [2.05, 4.69) is 11.6 Å². The zero-order chi connectivity index (χ0) is 27.7. The third-order valence-corrected chi connectivity index (χ3v) is 7.07. The van der Waals surface area contributed by atoms with Crippen molar-refractivity contribution in [1.82, 2.24) is 4.57 Å². The van der Waals surface area contributed by atoms with Gasteiger partial charge in [-0.15, -0.1) is 0 Å². The Morgan fingerprint density at radius 1 is 1.28 bits per heavy atom. The number of hydrogen-bond acceptors (Lipinski definition) is 10. The normalized spacial score (nSPS) is 15.9. The smallest absolute Gasteiger partial charge is 0.338 e. The Bertz CT molecular complexity index is 1700. The quantitative estimate of drug-likeness (QED) is 0.181. The zero-order valence-electron chi connectivity index (χ0n) is 21.0. The predicted molar refractivity (Wildman–Crippen MR) is 142 cm³/mol. The summed E-state index contributed by atoms with van der Waals surface area (Å²) in [5, 5.41) is 11.8. The molecule has 1 atom stereocenters. The second-order valence-corrected chi connectivity index (χ2v) is 9.50. The number of hydrogen-bond donors (Lipinski definition) is 0. The molecule has 11 nitrogen and oxygen atoms in total. The first-order valence-electron chi connectivity index (χ1n) is 11.9. The predicted octanol–water partition coefficient (Wildman–Crippen LogP) is 3.00. The molecular weight excluding hydrogens is 526 g/mol. The SMILES string of the molecule is C=CCOc1ccc([C@@H]2C(C(=O)OCC)=C(C)N=c3s/c(=C\c4cc5c(cc4[N+](=O)[O-])OCO5)c(=O)n32)cc1. The van der Waals surface area contributed by atoms with Crippen LogP contribution in [-0.4, -0.2) is 35.5 Å². The van der Waals surface area contributed by atoms with E-state index in [-0.39, 0.29) is 40.5 Å². The fraction of sp³-hybridized carbons (Fsp3) is 0.222. The molecule has 0 radical (unpaired) electrons. The number of fused-ring (bicyclic) bond motifs is 2. The summed E-state index contributed by atoms with van der Waals surface area (Å²) in [6.07, 6.45) is 3.05. The Balaban J connectivity index is 1.68. The molecule has 3 heterocycles. The molecule has 12 heteroatoms. The molecule has 0 amide bonds. The average molecular weight is 550 g/mol. The monoisotopic (exact) mass is 549 g/mol. The fourth-order valence-electron chi connectivity index (χ4n) is 4.37. The van der Waals surface area contributed by atoms with Gasteiger partial charge < -0.3 is 18.9 Å². The maximum Gasteiger partial charge on any atom is 0.338 e. The molecule has 2 aromatic carbocycles. The van der Waals surface area contributed by atoms with Gasteiger partial charge in [0.05, 0.1) is 45.0 Å². The van der Waals surface area contributed by atoms with Crippen molar-refractivity contribution in [3.8, 4) is 17.2 Å². The van der Waals surface area contributed by atoms with Crippen LogP contribution in [0.25, 0.3) is 6.08 Å². The number of nitrogens with zero attached hydrogens (tertiary/aromatic N) is 3. The van der Waals surface area contributed by atoms with Gasteiger partial charge in [-0.25, -0.2) is 9.79 Å². The van der Waals surface area contributed by atoms with Crippen LogP contribution in [0.4, 0.5) is 5.69 Å². The lowest BCUT2D eigenvalue weighted by Gasteiger charge is -2.24. The van der Waals surface area contributed by atoms with E-state index in [4.69, 9.17) is 18.9 Å². The van der Waals surface area contributed by atoms with Crippen molar-refractivity contribution in [1.29, 1.82) is 0 Å². The van der Waals surface area contributed by atoms with Gasteiger partial charge in [0.25, 0.3) is 11.2 Å². The number of aromatic nitrogens is 1. The van der Waals surface area contributed by atoms with Crippen LogP contribution in [0, 0.1) is 10.1 Å². The Labute approximate surface area is 225 Å². The first-order chi connectivity index (χ1) is 18.8. The van der Waals surface area contributed by atoms with Crippen LogP contribution in [-0.2, 0) is 9.53 Å². The lowest BCUT2D eigenvalue weighted by Crippen LogP contribution is -2.39. The van der Waals surface area contributed by atoms with Crippen molar-refractivity contribution in [2.24, 2.45) is 4.99 Å². The second-order valence-electron chi connectivity index (χ2n) is 8.49. The minimum absolute atomic E-state index is 0.0501. The molecule has 5 rings (SSSR count). The van der Waals surface area contributed by atoms with E-state index >= 15 is 0 Å². The molecule has 2 aliphatic heterocycles. The van der Waals surface area contributed by atoms with E-state index in [0.717, 1.165) is 11.3 Å². The molecular formula is C27H23N3O8S. The number of allylic oxidation sites excluding steroid dienone is 1. The van der Waals surface area contributed by atoms with E-state index in [1.165, 1.54) is 22.8 Å². The molecule has 0 unspecified atom stereocenters. The van der Waals surface area contributed by atoms with Crippen molar-refractivity contribution in [2.45, 2.75) is 19.9 Å². The Morgan fingerprint density at radius 3 is 2.67 bits per heavy atom. The third kappa shape index (κ3) is 4.81. The lowest BCUT2D eigenvalue weighted by atomic mass is 9.96. The van der Waals surface area contributed by atoms with Crippen LogP contribution in [0.1, 0.15) is 31.0 Å². The van der Waals surface area contributed by atoms with Gasteiger partial charge in [0.15, 0.2) is 16.3 Å². The van der Waals surface area contributed by atoms with Gasteiger partial charge in [-0.3, -0.25) is 19.5 Å². The summed E-state index contributed by atoms with van der Waals surface area (Å²) in [5.41, 5.74) is 0.755. The number of nitro benzene ring substituents is 1. The van der Waals surface area contributed by atoms with Crippen molar-refractivity contribution < 1.29 is 28.7 Å². The Hall–Kier alpha value is -4.71. The number of rotatable bonds is 8. The standard InChI is InChI=1S/C27H23N3O8S/c1-4-10-36-18-8-6-16(7-9-18)24-23(26(32)35-5-2)15(3)28-27-29(24)25(31)22(39-27)12-17-11-20-21(38-14-37-20)13-19(17)30(33)34/h4,6-9,11-13,24H,1,5,10,14H2,2-3H3/b22-12-/t24-/m1/s1. The average Bonchev–Trinajstić information content (AvgIpc) is 3.50. The molecule has 0 spiro atoms. The molecule has 39 heavy (non-hydrogen) atoms. The fourth-order valence-corrected chi connectivity index (χ4v) is 5.41. The Kier molecular flexibility index (Phi) is 7.03. The summed E-state index contributed by atoms with van der Waals surface area (Å²) < 4.78 is 23.1. The summed E-state index contributed by atoms with van der Waals surface area (Å²) >= 11 is 1.07. The van der Waals surface area contributed by atoms with E-state index in [0.29, 0.717) is 34.2 Å². The molecule has 0 saturated carbocycles. The number of thiazole rings is 1. The number of carbonyl (C=O) groups is 1. The van der Waals surface area contributed by atoms with Crippen LogP contribution in [0.5, 0.6) is 17.2 Å². The Morgan fingerprint density at radius 2 is 2.00 bits per heavy atom. The van der Waals surface area contributed by atoms with Crippen LogP contribution >= 0.6 is 11.3 Å². The summed E-state index contributed by atoms with van der Waals surface area (Å²) in [6.45, 7) is 7.44. The van der Waals surface area contributed by atoms with Crippen LogP contribution < -0.4 is 29.1 Å². The second kappa shape index (κ2) is 10.6. The van der Waals surface area contributed by atoms with E-state index < -0.39 is 22.5 Å². The van der Waals surface area contributed by atoms with Crippen LogP contribution in [0.3, 0.4) is 0 Å². The van der Waals surface area contributed by atoms with Crippen molar-refractivity contribution in [2.75, 3.05) is 20.0 Å². The third-order valence-electron chi connectivity index (χ3n) is 6.09. The minimum atomic E-state index is -0.831.